The molecule has 10 heavy (non-hydrogen) atoms. The minimum absolute atomic E-state index is 0.00639. The molecule has 0 aliphatic rings. The van der Waals surface area contributed by atoms with Crippen molar-refractivity contribution in [1.29, 1.82) is 5.26 Å². The van der Waals surface area contributed by atoms with Crippen molar-refractivity contribution in [3.8, 4) is 6.07 Å². The molecule has 3 nitrogen and oxygen atoms in total. The maximum atomic E-state index is 10.0. The third-order valence-electron chi connectivity index (χ3n) is 1.07. The third kappa shape index (κ3) is 4.21. The van der Waals surface area contributed by atoms with Crippen LogP contribution in [0, 0.1) is 11.3 Å². The molecule has 0 bridgehead atoms. The number of hydrogen-bond donors (Lipinski definition) is 2. The van der Waals surface area contributed by atoms with Crippen LogP contribution in [0.3, 0.4) is 0 Å². The van der Waals surface area contributed by atoms with Gasteiger partial charge in [-0.3, -0.25) is 4.79 Å². The number of rotatable bonds is 3. The van der Waals surface area contributed by atoms with Crippen LogP contribution in [0.5, 0.6) is 0 Å². The van der Waals surface area contributed by atoms with Gasteiger partial charge >= 0.3 is 5.97 Å². The summed E-state index contributed by atoms with van der Waals surface area (Å²) in [6.45, 7) is 1.60. The monoisotopic (exact) mass is 159 g/mol. The van der Waals surface area contributed by atoms with Crippen LogP contribution < -0.4 is 0 Å². The van der Waals surface area contributed by atoms with Gasteiger partial charge in [-0.25, -0.2) is 0 Å². The lowest BCUT2D eigenvalue weighted by molar-refractivity contribution is -0.137. The molecule has 1 N–H and O–H groups in total. The van der Waals surface area contributed by atoms with Gasteiger partial charge in [0.25, 0.3) is 0 Å². The topological polar surface area (TPSA) is 61.1 Å². The Hall–Kier alpha value is -0.690. The molecule has 56 valence electrons. The summed E-state index contributed by atoms with van der Waals surface area (Å²) in [4.78, 5) is 10.0. The maximum absolute atomic E-state index is 10.0. The highest BCUT2D eigenvalue weighted by molar-refractivity contribution is 7.82. The molecule has 0 aromatic carbocycles. The molecule has 1 unspecified atom stereocenters. The van der Waals surface area contributed by atoms with E-state index < -0.39 is 10.7 Å². The fourth-order valence-electron chi connectivity index (χ4n) is 0.406. The molecule has 0 rings (SSSR count). The number of nitrogens with zero attached hydrogens (tertiary/aromatic N) is 1. The Morgan fingerprint density at radius 2 is 2.40 bits per heavy atom. The van der Waals surface area contributed by atoms with Crippen molar-refractivity contribution in [1.82, 2.24) is 0 Å². The molecule has 0 aliphatic heterocycles. The van der Waals surface area contributed by atoms with E-state index in [2.05, 4.69) is 12.6 Å². The zero-order valence-corrected chi connectivity index (χ0v) is 6.56. The summed E-state index contributed by atoms with van der Waals surface area (Å²) in [5.74, 6) is -0.893. The van der Waals surface area contributed by atoms with Crippen molar-refractivity contribution < 1.29 is 9.90 Å². The minimum atomic E-state index is -0.893. The molecule has 0 saturated carbocycles. The van der Waals surface area contributed by atoms with E-state index in [0.717, 1.165) is 0 Å². The Morgan fingerprint density at radius 1 is 1.90 bits per heavy atom. The van der Waals surface area contributed by atoms with Gasteiger partial charge < -0.3 is 5.11 Å². The predicted molar refractivity (Wildman–Crippen MR) is 39.9 cm³/mol. The van der Waals surface area contributed by atoms with Gasteiger partial charge in [-0.15, -0.1) is 0 Å². The number of carbonyl (C=O) groups is 1. The van der Waals surface area contributed by atoms with Crippen molar-refractivity contribution in [2.45, 2.75) is 24.5 Å². The molecule has 0 spiro atoms. The fraction of sp³-hybridized carbons (Fsp3) is 0.667. The Bertz CT molecular complexity index is 171. The molecule has 0 aromatic rings. The molecule has 1 atom stereocenters. The van der Waals surface area contributed by atoms with Crippen LogP contribution in [0.4, 0.5) is 0 Å². The SMILES string of the molecule is CC(S)(C#N)CCC(=O)O. The van der Waals surface area contributed by atoms with Crippen LogP contribution in [-0.2, 0) is 4.79 Å². The van der Waals surface area contributed by atoms with Gasteiger partial charge in [0.15, 0.2) is 0 Å². The fourth-order valence-corrected chi connectivity index (χ4v) is 0.518. The standard InChI is InChI=1S/C6H9NO2S/c1-6(10,4-7)3-2-5(8)9/h10H,2-3H2,1H3,(H,8,9). The summed E-state index contributed by atoms with van der Waals surface area (Å²) >= 11 is 3.94. The lowest BCUT2D eigenvalue weighted by Crippen LogP contribution is -2.14. The smallest absolute Gasteiger partial charge is 0.303 e. The summed E-state index contributed by atoms with van der Waals surface area (Å²) in [5, 5.41) is 16.6. The Kier molecular flexibility index (Phi) is 3.23. The van der Waals surface area contributed by atoms with Gasteiger partial charge in [-0.1, -0.05) is 0 Å². The van der Waals surface area contributed by atoms with Gasteiger partial charge in [0.2, 0.25) is 0 Å². The van der Waals surface area contributed by atoms with Gasteiger partial charge in [-0.05, 0) is 13.3 Å². The van der Waals surface area contributed by atoms with Crippen LogP contribution in [-0.4, -0.2) is 15.8 Å². The second-order valence-electron chi connectivity index (χ2n) is 2.28. The van der Waals surface area contributed by atoms with E-state index in [1.54, 1.807) is 6.92 Å². The van der Waals surface area contributed by atoms with Gasteiger partial charge in [0.1, 0.15) is 0 Å². The molecule has 0 aromatic heterocycles. The average Bonchev–Trinajstić information content (AvgIpc) is 1.85. The first-order chi connectivity index (χ1) is 4.48. The van der Waals surface area contributed by atoms with Crippen molar-refractivity contribution in [3.63, 3.8) is 0 Å². The van der Waals surface area contributed by atoms with Crippen molar-refractivity contribution in [2.75, 3.05) is 0 Å². The molecule has 0 radical (unpaired) electrons. The summed E-state index contributed by atoms with van der Waals surface area (Å²) in [7, 11) is 0. The quantitative estimate of drug-likeness (QED) is 0.605. The van der Waals surface area contributed by atoms with Crippen LogP contribution in [0.2, 0.25) is 0 Å². The highest BCUT2D eigenvalue weighted by Crippen LogP contribution is 2.18. The summed E-state index contributed by atoms with van der Waals surface area (Å²) < 4.78 is -0.807. The van der Waals surface area contributed by atoms with E-state index in [-0.39, 0.29) is 12.8 Å². The molecule has 0 saturated heterocycles. The molecule has 0 heterocycles. The Balaban J connectivity index is 3.71. The summed E-state index contributed by atoms with van der Waals surface area (Å²) in [6, 6.07) is 1.90. The Labute approximate surface area is 65.1 Å². The number of nitriles is 1. The third-order valence-corrected chi connectivity index (χ3v) is 1.39. The van der Waals surface area contributed by atoms with Crippen LogP contribution >= 0.6 is 12.6 Å². The first-order valence-electron chi connectivity index (χ1n) is 2.83. The van der Waals surface area contributed by atoms with Crippen LogP contribution in [0.15, 0.2) is 0 Å². The largest absolute Gasteiger partial charge is 0.481 e. The second kappa shape index (κ2) is 3.47. The minimum Gasteiger partial charge on any atom is -0.481 e. The Morgan fingerprint density at radius 3 is 2.70 bits per heavy atom. The molecular formula is C6H9NO2S. The van der Waals surface area contributed by atoms with E-state index in [4.69, 9.17) is 10.4 Å². The predicted octanol–water partition coefficient (Wildman–Crippen LogP) is 1.06. The molecule has 4 heteroatoms. The number of thiol groups is 1. The van der Waals surface area contributed by atoms with Crippen LogP contribution in [0.1, 0.15) is 19.8 Å². The average molecular weight is 159 g/mol. The first kappa shape index (κ1) is 9.31. The molecule has 0 aliphatic carbocycles. The van der Waals surface area contributed by atoms with E-state index in [9.17, 15) is 4.79 Å². The van der Waals surface area contributed by atoms with Crippen LogP contribution in [0.25, 0.3) is 0 Å². The zero-order valence-electron chi connectivity index (χ0n) is 5.66. The normalized spacial score (nSPS) is 15.3. The van der Waals surface area contributed by atoms with Gasteiger partial charge in [-0.2, -0.15) is 17.9 Å². The van der Waals surface area contributed by atoms with Crippen molar-refractivity contribution in [2.24, 2.45) is 0 Å². The van der Waals surface area contributed by atoms with Gasteiger partial charge in [0, 0.05) is 6.42 Å². The van der Waals surface area contributed by atoms with Gasteiger partial charge in [0.05, 0.1) is 10.8 Å². The molecule has 0 fully saturated rings. The maximum Gasteiger partial charge on any atom is 0.303 e. The highest BCUT2D eigenvalue weighted by atomic mass is 32.1. The number of carboxylic acids is 1. The highest BCUT2D eigenvalue weighted by Gasteiger charge is 2.18. The van der Waals surface area contributed by atoms with Crippen molar-refractivity contribution in [3.05, 3.63) is 0 Å². The number of carboxylic acid groups (broad SMARTS) is 1. The van der Waals surface area contributed by atoms with Crippen molar-refractivity contribution >= 4 is 18.6 Å². The van der Waals surface area contributed by atoms with E-state index >= 15 is 0 Å². The first-order valence-corrected chi connectivity index (χ1v) is 3.28. The lowest BCUT2D eigenvalue weighted by Gasteiger charge is -2.10. The lowest BCUT2D eigenvalue weighted by atomic mass is 10.1. The second-order valence-corrected chi connectivity index (χ2v) is 3.27. The summed E-state index contributed by atoms with van der Waals surface area (Å²) in [6.07, 6.45) is 0.273. The van der Waals surface area contributed by atoms with E-state index in [1.807, 2.05) is 6.07 Å². The zero-order chi connectivity index (χ0) is 8.20. The molecule has 0 amide bonds. The van der Waals surface area contributed by atoms with E-state index in [0.29, 0.717) is 0 Å². The number of hydrogen-bond acceptors (Lipinski definition) is 3. The molecular weight excluding hydrogens is 150 g/mol. The number of aliphatic carboxylic acids is 1. The van der Waals surface area contributed by atoms with E-state index in [1.165, 1.54) is 0 Å². The summed E-state index contributed by atoms with van der Waals surface area (Å²) in [5.41, 5.74) is 0.